The molecule has 4 heteroatoms. The zero-order valence-electron chi connectivity index (χ0n) is 21.7. The molecule has 1 spiro atoms. The molecule has 0 aromatic rings. The summed E-state index contributed by atoms with van der Waals surface area (Å²) in [7, 11) is 0. The van der Waals surface area contributed by atoms with E-state index >= 15 is 0 Å². The summed E-state index contributed by atoms with van der Waals surface area (Å²) in [4.78, 5) is 34.2. The highest BCUT2D eigenvalue weighted by Crippen LogP contribution is 2.87. The monoisotopic (exact) mass is 468 g/mol. The third kappa shape index (κ3) is 3.49. The van der Waals surface area contributed by atoms with Gasteiger partial charge >= 0.3 is 5.97 Å². The van der Waals surface area contributed by atoms with E-state index in [4.69, 9.17) is 0 Å². The van der Waals surface area contributed by atoms with Crippen LogP contribution in [-0.4, -0.2) is 23.6 Å². The molecule has 0 heterocycles. The van der Waals surface area contributed by atoms with Crippen LogP contribution in [0.15, 0.2) is 23.8 Å². The molecule has 0 aromatic heterocycles. The molecule has 188 valence electrons. The molecule has 0 amide bonds. The zero-order chi connectivity index (χ0) is 24.9. The highest BCUT2D eigenvalue weighted by atomic mass is 16.4. The fourth-order valence-electron chi connectivity index (χ4n) is 9.99. The fourth-order valence-corrected chi connectivity index (χ4v) is 9.99. The Balaban J connectivity index is 1.59. The van der Waals surface area contributed by atoms with Crippen LogP contribution in [0.2, 0.25) is 0 Å². The van der Waals surface area contributed by atoms with E-state index in [0.717, 1.165) is 50.2 Å². The first kappa shape index (κ1) is 25.4. The van der Waals surface area contributed by atoms with Gasteiger partial charge in [0.25, 0.3) is 0 Å². The molecule has 4 fully saturated rings. The number of rotatable bonds is 10. The summed E-state index contributed by atoms with van der Waals surface area (Å²) in [5.41, 5.74) is 2.22. The van der Waals surface area contributed by atoms with E-state index in [1.165, 1.54) is 25.7 Å². The molecule has 0 unspecified atom stereocenters. The predicted octanol–water partition coefficient (Wildman–Crippen LogP) is 6.79. The molecule has 0 radical (unpaired) electrons. The third-order valence-corrected chi connectivity index (χ3v) is 11.9. The van der Waals surface area contributed by atoms with Gasteiger partial charge in [-0.25, -0.2) is 0 Å². The van der Waals surface area contributed by atoms with Crippen molar-refractivity contribution < 1.29 is 19.5 Å². The van der Waals surface area contributed by atoms with E-state index in [2.05, 4.69) is 33.4 Å². The lowest BCUT2D eigenvalue weighted by Gasteiger charge is -2.61. The van der Waals surface area contributed by atoms with E-state index in [1.807, 2.05) is 6.92 Å². The van der Waals surface area contributed by atoms with Crippen molar-refractivity contribution in [1.82, 2.24) is 0 Å². The van der Waals surface area contributed by atoms with Crippen molar-refractivity contribution in [2.75, 3.05) is 0 Å². The molecule has 0 saturated heterocycles. The van der Waals surface area contributed by atoms with Crippen molar-refractivity contribution in [3.63, 3.8) is 0 Å². The quantitative estimate of drug-likeness (QED) is 0.283. The van der Waals surface area contributed by atoms with Crippen LogP contribution in [0.5, 0.6) is 0 Å². The van der Waals surface area contributed by atoms with E-state index in [1.54, 1.807) is 0 Å². The molecule has 4 aliphatic rings. The summed E-state index contributed by atoms with van der Waals surface area (Å²) < 4.78 is 0. The minimum Gasteiger partial charge on any atom is -0.481 e. The molecule has 1 N–H and O–H groups in total. The fraction of sp³-hybridized carbons (Fsp3) is 0.767. The molecule has 4 rings (SSSR count). The summed E-state index contributed by atoms with van der Waals surface area (Å²) in [6.07, 6.45) is 15.0. The number of carboxylic acid groups (broad SMARTS) is 1. The second-order valence-corrected chi connectivity index (χ2v) is 12.9. The lowest BCUT2D eigenvalue weighted by molar-refractivity contribution is -0.139. The molecule has 8 atom stereocenters. The Morgan fingerprint density at radius 3 is 2.47 bits per heavy atom. The van der Waals surface area contributed by atoms with Crippen molar-refractivity contribution in [3.8, 4) is 0 Å². The summed E-state index contributed by atoms with van der Waals surface area (Å²) in [6.45, 7) is 13.5. The van der Waals surface area contributed by atoms with Crippen molar-refractivity contribution in [3.05, 3.63) is 23.8 Å². The topological polar surface area (TPSA) is 71.4 Å². The van der Waals surface area contributed by atoms with Gasteiger partial charge in [-0.1, -0.05) is 33.4 Å². The first-order chi connectivity index (χ1) is 16.0. The summed E-state index contributed by atoms with van der Waals surface area (Å²) in [6, 6.07) is 0. The van der Waals surface area contributed by atoms with E-state index in [9.17, 15) is 19.5 Å². The molecule has 34 heavy (non-hydrogen) atoms. The molecule has 4 saturated carbocycles. The highest BCUT2D eigenvalue weighted by molar-refractivity contribution is 5.74. The maximum atomic E-state index is 11.7. The molecule has 0 bridgehead atoms. The Bertz CT molecular complexity index is 903. The van der Waals surface area contributed by atoms with E-state index in [-0.39, 0.29) is 28.6 Å². The van der Waals surface area contributed by atoms with Crippen LogP contribution in [0, 0.1) is 45.3 Å². The molecule has 0 aliphatic heterocycles. The number of aldehydes is 2. The number of hydrogen-bond acceptors (Lipinski definition) is 3. The van der Waals surface area contributed by atoms with Crippen LogP contribution >= 0.6 is 0 Å². The predicted molar refractivity (Wildman–Crippen MR) is 134 cm³/mol. The summed E-state index contributed by atoms with van der Waals surface area (Å²) in [5.74, 6) is 1.35. The van der Waals surface area contributed by atoms with Gasteiger partial charge in [-0.2, -0.15) is 0 Å². The number of carboxylic acids is 1. The van der Waals surface area contributed by atoms with Crippen LogP contribution in [0.4, 0.5) is 0 Å². The summed E-state index contributed by atoms with van der Waals surface area (Å²) >= 11 is 0. The van der Waals surface area contributed by atoms with Gasteiger partial charge in [-0.05, 0) is 128 Å². The second kappa shape index (κ2) is 8.75. The first-order valence-electron chi connectivity index (χ1n) is 13.5. The maximum Gasteiger partial charge on any atom is 0.303 e. The van der Waals surface area contributed by atoms with Crippen LogP contribution in [0.25, 0.3) is 0 Å². The molecular formula is C30H44O4. The molecule has 4 aliphatic carbocycles. The smallest absolute Gasteiger partial charge is 0.303 e. The van der Waals surface area contributed by atoms with Crippen molar-refractivity contribution in [2.45, 2.75) is 98.3 Å². The molecule has 4 nitrogen and oxygen atoms in total. The minimum absolute atomic E-state index is 0.0442. The van der Waals surface area contributed by atoms with Gasteiger partial charge in [-0.15, -0.1) is 0 Å². The number of aliphatic carboxylic acids is 1. The Morgan fingerprint density at radius 2 is 1.82 bits per heavy atom. The van der Waals surface area contributed by atoms with Crippen molar-refractivity contribution >= 4 is 18.5 Å². The largest absolute Gasteiger partial charge is 0.481 e. The maximum absolute atomic E-state index is 11.7. The van der Waals surface area contributed by atoms with Crippen molar-refractivity contribution in [1.29, 1.82) is 0 Å². The lowest BCUT2D eigenvalue weighted by Crippen LogP contribution is -2.54. The van der Waals surface area contributed by atoms with Gasteiger partial charge in [0.05, 0.1) is 0 Å². The Morgan fingerprint density at radius 1 is 1.09 bits per heavy atom. The number of carbonyl (C=O) groups is 3. The standard InChI is InChI=1S/C30H44O4/c1-20(17-31)7-6-8-21(2)23-11-13-28(5)25-10-9-24(22(3)18-32)29(14-12-26(33)34)19-30(25,29)16-15-27(23,28)4/h7,17-18,21,23-25H,3,6,8-16,19H2,1-2,4-5H3,(H,33,34)/b20-7+/t21-,23-,24+,25+,27-,28+,29-,30+/m1/s1. The number of fused-ring (bicyclic) bond motifs is 2. The van der Waals surface area contributed by atoms with Gasteiger partial charge in [-0.3, -0.25) is 14.4 Å². The van der Waals surface area contributed by atoms with Gasteiger partial charge in [0.15, 0.2) is 0 Å². The van der Waals surface area contributed by atoms with Crippen LogP contribution in [0.1, 0.15) is 98.3 Å². The Kier molecular flexibility index (Phi) is 6.53. The summed E-state index contributed by atoms with van der Waals surface area (Å²) in [5, 5.41) is 9.50. The number of allylic oxidation sites excluding steroid dienone is 3. The third-order valence-electron chi connectivity index (χ3n) is 11.9. The first-order valence-corrected chi connectivity index (χ1v) is 13.5. The number of carbonyl (C=O) groups excluding carboxylic acids is 2. The number of hydrogen-bond donors (Lipinski definition) is 1. The van der Waals surface area contributed by atoms with Crippen LogP contribution < -0.4 is 0 Å². The Labute approximate surface area is 205 Å². The average molecular weight is 469 g/mol. The zero-order valence-corrected chi connectivity index (χ0v) is 21.7. The second-order valence-electron chi connectivity index (χ2n) is 12.9. The molecule has 0 aromatic carbocycles. The van der Waals surface area contributed by atoms with Crippen LogP contribution in [0.3, 0.4) is 0 Å². The normalized spacial score (nSPS) is 43.8. The minimum atomic E-state index is -0.727. The Hall–Kier alpha value is -1.71. The van der Waals surface area contributed by atoms with Gasteiger partial charge < -0.3 is 5.11 Å². The van der Waals surface area contributed by atoms with Crippen LogP contribution in [-0.2, 0) is 14.4 Å². The van der Waals surface area contributed by atoms with Gasteiger partial charge in [0.2, 0.25) is 0 Å². The average Bonchev–Trinajstić information content (AvgIpc) is 3.40. The molecular weight excluding hydrogens is 424 g/mol. The van der Waals surface area contributed by atoms with E-state index in [0.29, 0.717) is 35.2 Å². The lowest BCUT2D eigenvalue weighted by atomic mass is 9.43. The van der Waals surface area contributed by atoms with Gasteiger partial charge in [0, 0.05) is 6.42 Å². The van der Waals surface area contributed by atoms with Gasteiger partial charge in [0.1, 0.15) is 12.6 Å². The highest BCUT2D eigenvalue weighted by Gasteiger charge is 2.80. The van der Waals surface area contributed by atoms with E-state index < -0.39 is 5.97 Å². The van der Waals surface area contributed by atoms with Crippen molar-refractivity contribution in [2.24, 2.45) is 45.3 Å². The SMILES string of the molecule is C=C(C=O)[C@@H]1CC[C@@H]2[C@]3(CC[C@]4(C)[C@@H]([C@H](C)CC/C=C(\C)C=O)CC[C@@]24C)C[C@]13CCC(=O)O.